The molecule has 2 aromatic carbocycles. The Morgan fingerprint density at radius 1 is 1.11 bits per heavy atom. The minimum absolute atomic E-state index is 0.231. The molecule has 27 heavy (non-hydrogen) atoms. The van der Waals surface area contributed by atoms with Gasteiger partial charge >= 0.3 is 5.63 Å². The van der Waals surface area contributed by atoms with E-state index in [2.05, 4.69) is 5.32 Å². The van der Waals surface area contributed by atoms with Crippen molar-refractivity contribution in [3.05, 3.63) is 75.5 Å². The van der Waals surface area contributed by atoms with E-state index in [1.54, 1.807) is 12.1 Å². The molecule has 4 rings (SSSR count). The summed E-state index contributed by atoms with van der Waals surface area (Å²) in [5.74, 6) is 0.522. The van der Waals surface area contributed by atoms with Crippen LogP contribution in [0.1, 0.15) is 22.2 Å². The summed E-state index contributed by atoms with van der Waals surface area (Å²) in [6.45, 7) is 2.82. The molecule has 0 aliphatic rings. The van der Waals surface area contributed by atoms with Crippen LogP contribution < -0.4 is 15.7 Å². The van der Waals surface area contributed by atoms with Gasteiger partial charge in [-0.2, -0.15) is 0 Å². The molecular weight excluding hydrogens is 362 g/mol. The molecule has 4 aromatic rings. The van der Waals surface area contributed by atoms with Crippen molar-refractivity contribution in [1.29, 1.82) is 0 Å². The van der Waals surface area contributed by atoms with E-state index >= 15 is 0 Å². The van der Waals surface area contributed by atoms with Crippen molar-refractivity contribution < 1.29 is 13.9 Å². The minimum atomic E-state index is -0.430. The zero-order chi connectivity index (χ0) is 18.8. The molecule has 0 saturated carbocycles. The van der Waals surface area contributed by atoms with E-state index in [9.17, 15) is 9.59 Å². The number of rotatable bonds is 5. The van der Waals surface area contributed by atoms with Gasteiger partial charge in [-0.05, 0) is 31.2 Å². The van der Waals surface area contributed by atoms with Crippen molar-refractivity contribution in [2.24, 2.45) is 0 Å². The van der Waals surface area contributed by atoms with Gasteiger partial charge in [-0.15, -0.1) is 11.3 Å². The standard InChI is InChI=1S/C21H17NO4S/c1-2-25-16-9-5-3-7-13(16)12-22-20(23)18-11-15-19(27-18)14-8-4-6-10-17(14)26-21(15)24/h3-11H,2,12H2,1H3,(H,22,23). The number of hydrogen-bond donors (Lipinski definition) is 1. The van der Waals surface area contributed by atoms with E-state index in [1.807, 2.05) is 49.4 Å². The first kappa shape index (κ1) is 17.3. The molecule has 136 valence electrons. The van der Waals surface area contributed by atoms with Crippen molar-refractivity contribution in [2.75, 3.05) is 6.61 Å². The van der Waals surface area contributed by atoms with Crippen LogP contribution in [0.25, 0.3) is 21.1 Å². The second-order valence-corrected chi connectivity index (χ2v) is 7.01. The summed E-state index contributed by atoms with van der Waals surface area (Å²) in [5.41, 5.74) is 0.994. The molecule has 1 N–H and O–H groups in total. The molecule has 0 bridgehead atoms. The normalized spacial score (nSPS) is 11.0. The number of carbonyl (C=O) groups excluding carboxylic acids is 1. The van der Waals surface area contributed by atoms with Crippen LogP contribution in [-0.4, -0.2) is 12.5 Å². The minimum Gasteiger partial charge on any atom is -0.494 e. The summed E-state index contributed by atoms with van der Waals surface area (Å²) >= 11 is 1.30. The van der Waals surface area contributed by atoms with Crippen molar-refractivity contribution in [3.63, 3.8) is 0 Å². The smallest absolute Gasteiger partial charge is 0.345 e. The summed E-state index contributed by atoms with van der Waals surface area (Å²) in [5, 5.41) is 4.16. The largest absolute Gasteiger partial charge is 0.494 e. The number of amides is 1. The average molecular weight is 379 g/mol. The molecule has 0 atom stereocenters. The van der Waals surface area contributed by atoms with Gasteiger partial charge in [0.2, 0.25) is 0 Å². The highest BCUT2D eigenvalue weighted by molar-refractivity contribution is 7.21. The summed E-state index contributed by atoms with van der Waals surface area (Å²) in [6.07, 6.45) is 0. The Morgan fingerprint density at radius 3 is 2.74 bits per heavy atom. The van der Waals surface area contributed by atoms with E-state index < -0.39 is 5.63 Å². The zero-order valence-corrected chi connectivity index (χ0v) is 15.5. The lowest BCUT2D eigenvalue weighted by atomic mass is 10.2. The number of para-hydroxylation sites is 2. The number of ether oxygens (including phenoxy) is 1. The second-order valence-electron chi connectivity index (χ2n) is 5.96. The van der Waals surface area contributed by atoms with Crippen LogP contribution in [0.15, 0.2) is 63.8 Å². The number of benzene rings is 2. The molecule has 6 heteroatoms. The van der Waals surface area contributed by atoms with Crippen molar-refractivity contribution in [2.45, 2.75) is 13.5 Å². The molecule has 0 fully saturated rings. The maximum atomic E-state index is 12.6. The fourth-order valence-electron chi connectivity index (χ4n) is 2.96. The molecule has 1 amide bonds. The van der Waals surface area contributed by atoms with Gasteiger partial charge in [0.05, 0.1) is 21.6 Å². The highest BCUT2D eigenvalue weighted by atomic mass is 32.1. The molecule has 0 spiro atoms. The Bertz CT molecular complexity index is 1190. The predicted molar refractivity (Wildman–Crippen MR) is 107 cm³/mol. The number of carbonyl (C=O) groups is 1. The first-order valence-electron chi connectivity index (χ1n) is 8.61. The summed E-state index contributed by atoms with van der Waals surface area (Å²) in [7, 11) is 0. The van der Waals surface area contributed by atoms with E-state index in [0.717, 1.165) is 21.4 Å². The Kier molecular flexibility index (Phi) is 4.64. The van der Waals surface area contributed by atoms with Crippen molar-refractivity contribution in [1.82, 2.24) is 5.32 Å². The van der Waals surface area contributed by atoms with E-state index in [0.29, 0.717) is 29.0 Å². The molecule has 2 aromatic heterocycles. The molecule has 0 unspecified atom stereocenters. The maximum Gasteiger partial charge on any atom is 0.345 e. The zero-order valence-electron chi connectivity index (χ0n) is 14.7. The molecule has 0 radical (unpaired) electrons. The Labute approximate surface area is 159 Å². The van der Waals surface area contributed by atoms with Crippen LogP contribution in [0.5, 0.6) is 5.75 Å². The third-order valence-corrected chi connectivity index (χ3v) is 5.39. The maximum absolute atomic E-state index is 12.6. The lowest BCUT2D eigenvalue weighted by Gasteiger charge is -2.10. The summed E-state index contributed by atoms with van der Waals surface area (Å²) < 4.78 is 11.7. The third kappa shape index (κ3) is 3.31. The van der Waals surface area contributed by atoms with Crippen LogP contribution in [0.2, 0.25) is 0 Å². The highest BCUT2D eigenvalue weighted by Crippen LogP contribution is 2.30. The second kappa shape index (κ2) is 7.25. The summed E-state index contributed by atoms with van der Waals surface area (Å²) in [6, 6.07) is 16.5. The molecule has 5 nitrogen and oxygen atoms in total. The fourth-order valence-corrected chi connectivity index (χ4v) is 4.05. The van der Waals surface area contributed by atoms with E-state index in [4.69, 9.17) is 9.15 Å². The SMILES string of the molecule is CCOc1ccccc1CNC(=O)c1cc2c(=O)oc3ccccc3c2s1. The van der Waals surface area contributed by atoms with Gasteiger partial charge in [0.1, 0.15) is 11.3 Å². The van der Waals surface area contributed by atoms with Crippen LogP contribution in [-0.2, 0) is 6.54 Å². The Morgan fingerprint density at radius 2 is 1.89 bits per heavy atom. The van der Waals surface area contributed by atoms with Gasteiger partial charge in [0, 0.05) is 17.5 Å². The van der Waals surface area contributed by atoms with E-state index in [1.165, 1.54) is 11.3 Å². The van der Waals surface area contributed by atoms with Gasteiger partial charge < -0.3 is 14.5 Å². The van der Waals surface area contributed by atoms with Crippen LogP contribution in [0.4, 0.5) is 0 Å². The number of thiophene rings is 1. The first-order chi connectivity index (χ1) is 13.2. The number of fused-ring (bicyclic) bond motifs is 3. The molecule has 2 heterocycles. The summed E-state index contributed by atoms with van der Waals surface area (Å²) in [4.78, 5) is 25.3. The van der Waals surface area contributed by atoms with Gasteiger partial charge in [-0.25, -0.2) is 4.79 Å². The number of hydrogen-bond acceptors (Lipinski definition) is 5. The first-order valence-corrected chi connectivity index (χ1v) is 9.43. The van der Waals surface area contributed by atoms with Gasteiger partial charge in [0.15, 0.2) is 0 Å². The molecule has 0 aliphatic carbocycles. The molecular formula is C21H17NO4S. The third-order valence-electron chi connectivity index (χ3n) is 4.22. The van der Waals surface area contributed by atoms with Gasteiger partial charge in [-0.3, -0.25) is 4.79 Å². The van der Waals surface area contributed by atoms with Crippen LogP contribution in [0, 0.1) is 0 Å². The number of nitrogens with one attached hydrogen (secondary N) is 1. The molecule has 0 saturated heterocycles. The van der Waals surface area contributed by atoms with E-state index in [-0.39, 0.29) is 5.91 Å². The van der Waals surface area contributed by atoms with Crippen LogP contribution in [0.3, 0.4) is 0 Å². The Balaban J connectivity index is 1.63. The van der Waals surface area contributed by atoms with Gasteiger partial charge in [0.25, 0.3) is 5.91 Å². The molecule has 0 aliphatic heterocycles. The van der Waals surface area contributed by atoms with Crippen LogP contribution >= 0.6 is 11.3 Å². The highest BCUT2D eigenvalue weighted by Gasteiger charge is 2.16. The average Bonchev–Trinajstić information content (AvgIpc) is 3.14. The fraction of sp³-hybridized carbons (Fsp3) is 0.143. The van der Waals surface area contributed by atoms with Gasteiger partial charge in [-0.1, -0.05) is 30.3 Å². The topological polar surface area (TPSA) is 68.5 Å². The van der Waals surface area contributed by atoms with Crippen molar-refractivity contribution >= 4 is 38.3 Å². The quantitative estimate of drug-likeness (QED) is 0.524. The lowest BCUT2D eigenvalue weighted by Crippen LogP contribution is -2.22. The van der Waals surface area contributed by atoms with Crippen molar-refractivity contribution in [3.8, 4) is 5.75 Å². The lowest BCUT2D eigenvalue weighted by molar-refractivity contribution is 0.0955. The monoisotopic (exact) mass is 379 g/mol. The Hall–Kier alpha value is -3.12. The predicted octanol–water partition coefficient (Wildman–Crippen LogP) is 4.34.